The Morgan fingerprint density at radius 3 is 2.88 bits per heavy atom. The number of piperidine rings is 1. The van der Waals surface area contributed by atoms with Crippen molar-refractivity contribution >= 4 is 22.4 Å². The highest BCUT2D eigenvalue weighted by molar-refractivity contribution is 5.96. The van der Waals surface area contributed by atoms with Crippen molar-refractivity contribution < 1.29 is 9.84 Å². The molecular formula is C20H22N4O2. The third-order valence-corrected chi connectivity index (χ3v) is 4.63. The molecule has 134 valence electrons. The average Bonchev–Trinajstić information content (AvgIpc) is 2.69. The van der Waals surface area contributed by atoms with Gasteiger partial charge in [-0.2, -0.15) is 0 Å². The first-order valence-corrected chi connectivity index (χ1v) is 8.96. The Morgan fingerprint density at radius 1 is 1.12 bits per heavy atom. The van der Waals surface area contributed by atoms with Gasteiger partial charge in [-0.15, -0.1) is 0 Å². The summed E-state index contributed by atoms with van der Waals surface area (Å²) in [6, 6.07) is 13.3. The van der Waals surface area contributed by atoms with Crippen LogP contribution in [-0.2, 0) is 0 Å². The molecule has 1 atom stereocenters. The predicted octanol–water partition coefficient (Wildman–Crippen LogP) is 3.60. The van der Waals surface area contributed by atoms with E-state index in [9.17, 15) is 5.11 Å². The second-order valence-corrected chi connectivity index (χ2v) is 6.47. The summed E-state index contributed by atoms with van der Waals surface area (Å²) in [6.45, 7) is 1.66. The zero-order valence-corrected chi connectivity index (χ0v) is 14.5. The quantitative estimate of drug-likeness (QED) is 0.610. The molecule has 1 aliphatic rings. The molecule has 3 N–H and O–H groups in total. The number of para-hydroxylation sites is 2. The van der Waals surface area contributed by atoms with Crippen LogP contribution in [-0.4, -0.2) is 34.3 Å². The Hall–Kier alpha value is -2.86. The molecular weight excluding hydrogens is 328 g/mol. The summed E-state index contributed by atoms with van der Waals surface area (Å²) >= 11 is 0. The van der Waals surface area contributed by atoms with Crippen LogP contribution in [0.2, 0.25) is 0 Å². The first kappa shape index (κ1) is 16.6. The summed E-state index contributed by atoms with van der Waals surface area (Å²) in [5, 5.41) is 17.5. The van der Waals surface area contributed by atoms with Crippen LogP contribution in [0, 0.1) is 0 Å². The van der Waals surface area contributed by atoms with Gasteiger partial charge in [-0.05, 0) is 43.7 Å². The molecule has 2 aromatic carbocycles. The molecule has 0 spiro atoms. The minimum atomic E-state index is 0.170. The van der Waals surface area contributed by atoms with Crippen LogP contribution >= 0.6 is 0 Å². The van der Waals surface area contributed by atoms with Crippen LogP contribution in [0.3, 0.4) is 0 Å². The summed E-state index contributed by atoms with van der Waals surface area (Å²) in [7, 11) is 0. The lowest BCUT2D eigenvalue weighted by Gasteiger charge is -2.24. The largest absolute Gasteiger partial charge is 0.506 e. The number of hydrogen-bond donors (Lipinski definition) is 3. The fourth-order valence-electron chi connectivity index (χ4n) is 3.26. The van der Waals surface area contributed by atoms with E-state index in [1.165, 1.54) is 19.2 Å². The molecule has 0 radical (unpaired) electrons. The molecule has 3 aromatic rings. The minimum absolute atomic E-state index is 0.170. The number of nitrogens with zero attached hydrogens (tertiary/aromatic N) is 2. The molecule has 26 heavy (non-hydrogen) atoms. The van der Waals surface area contributed by atoms with Gasteiger partial charge in [0, 0.05) is 6.04 Å². The number of nitrogens with one attached hydrogen (secondary N) is 2. The molecule has 4 rings (SSSR count). The fraction of sp³-hybridized carbons (Fsp3) is 0.300. The van der Waals surface area contributed by atoms with E-state index in [1.807, 2.05) is 24.3 Å². The van der Waals surface area contributed by atoms with Crippen LogP contribution in [0.1, 0.15) is 19.3 Å². The first-order chi connectivity index (χ1) is 12.8. The fourth-order valence-corrected chi connectivity index (χ4v) is 3.26. The normalized spacial score (nSPS) is 17.2. The van der Waals surface area contributed by atoms with E-state index in [2.05, 4.69) is 20.6 Å². The van der Waals surface area contributed by atoms with Gasteiger partial charge in [0.25, 0.3) is 0 Å². The van der Waals surface area contributed by atoms with Gasteiger partial charge in [-0.25, -0.2) is 9.97 Å². The van der Waals surface area contributed by atoms with Crippen LogP contribution in [0.4, 0.5) is 11.5 Å². The van der Waals surface area contributed by atoms with Gasteiger partial charge in [0.2, 0.25) is 0 Å². The lowest BCUT2D eigenvalue weighted by atomic mass is 10.1. The molecule has 0 amide bonds. The van der Waals surface area contributed by atoms with Crippen LogP contribution < -0.4 is 15.4 Å². The summed E-state index contributed by atoms with van der Waals surface area (Å²) < 4.78 is 6.12. The topological polar surface area (TPSA) is 79.3 Å². The van der Waals surface area contributed by atoms with Crippen LogP contribution in [0.5, 0.6) is 11.5 Å². The molecule has 1 fully saturated rings. The summed E-state index contributed by atoms with van der Waals surface area (Å²) in [6.07, 6.45) is 5.11. The van der Waals surface area contributed by atoms with Gasteiger partial charge in [-0.1, -0.05) is 24.6 Å². The lowest BCUT2D eigenvalue weighted by molar-refractivity contribution is 0.241. The van der Waals surface area contributed by atoms with Crippen molar-refractivity contribution in [2.45, 2.75) is 25.3 Å². The molecule has 0 unspecified atom stereocenters. The lowest BCUT2D eigenvalue weighted by Crippen LogP contribution is -2.38. The van der Waals surface area contributed by atoms with Gasteiger partial charge in [0.1, 0.15) is 30.3 Å². The molecule has 1 aromatic heterocycles. The van der Waals surface area contributed by atoms with Crippen molar-refractivity contribution in [1.82, 2.24) is 15.3 Å². The number of ether oxygens (including phenoxy) is 1. The maximum absolute atomic E-state index is 10.0. The number of phenols is 1. The SMILES string of the molecule is Oc1ccccc1Nc1ncnc2cccc(OC[C@@H]3CCCCN3)c12. The van der Waals surface area contributed by atoms with E-state index in [1.54, 1.807) is 18.2 Å². The van der Waals surface area contributed by atoms with Gasteiger partial charge < -0.3 is 20.5 Å². The molecule has 2 heterocycles. The molecule has 0 bridgehead atoms. The van der Waals surface area contributed by atoms with E-state index in [0.717, 1.165) is 29.6 Å². The molecule has 1 saturated heterocycles. The monoisotopic (exact) mass is 350 g/mol. The second kappa shape index (κ2) is 7.58. The molecule has 0 aliphatic carbocycles. The number of benzene rings is 2. The summed E-state index contributed by atoms with van der Waals surface area (Å²) in [5.74, 6) is 1.53. The molecule has 1 aliphatic heterocycles. The van der Waals surface area contributed by atoms with Crippen molar-refractivity contribution in [3.05, 3.63) is 48.8 Å². The highest BCUT2D eigenvalue weighted by Crippen LogP contribution is 2.33. The Bertz CT molecular complexity index is 889. The van der Waals surface area contributed by atoms with Crippen molar-refractivity contribution in [1.29, 1.82) is 0 Å². The number of anilines is 2. The Balaban J connectivity index is 1.64. The zero-order valence-electron chi connectivity index (χ0n) is 14.5. The van der Waals surface area contributed by atoms with Gasteiger partial charge in [0.15, 0.2) is 0 Å². The molecule has 6 nitrogen and oxygen atoms in total. The number of fused-ring (bicyclic) bond motifs is 1. The van der Waals surface area contributed by atoms with E-state index in [4.69, 9.17) is 4.74 Å². The maximum Gasteiger partial charge on any atom is 0.145 e. The number of aromatic hydroxyl groups is 1. The number of hydrogen-bond acceptors (Lipinski definition) is 6. The molecule has 6 heteroatoms. The first-order valence-electron chi connectivity index (χ1n) is 8.96. The van der Waals surface area contributed by atoms with Crippen LogP contribution in [0.25, 0.3) is 10.9 Å². The van der Waals surface area contributed by atoms with E-state index in [-0.39, 0.29) is 5.75 Å². The highest BCUT2D eigenvalue weighted by atomic mass is 16.5. The predicted molar refractivity (Wildman–Crippen MR) is 102 cm³/mol. The van der Waals surface area contributed by atoms with E-state index >= 15 is 0 Å². The average molecular weight is 350 g/mol. The smallest absolute Gasteiger partial charge is 0.145 e. The van der Waals surface area contributed by atoms with Gasteiger partial charge in [0.05, 0.1) is 16.6 Å². The van der Waals surface area contributed by atoms with Gasteiger partial charge in [-0.3, -0.25) is 0 Å². The summed E-state index contributed by atoms with van der Waals surface area (Å²) in [5.41, 5.74) is 1.39. The van der Waals surface area contributed by atoms with E-state index < -0.39 is 0 Å². The zero-order chi connectivity index (χ0) is 17.8. The molecule has 0 saturated carbocycles. The highest BCUT2D eigenvalue weighted by Gasteiger charge is 2.16. The minimum Gasteiger partial charge on any atom is -0.506 e. The Kier molecular flexibility index (Phi) is 4.84. The maximum atomic E-state index is 10.0. The third kappa shape index (κ3) is 3.55. The Morgan fingerprint density at radius 2 is 2.04 bits per heavy atom. The van der Waals surface area contributed by atoms with Crippen molar-refractivity contribution in [2.24, 2.45) is 0 Å². The van der Waals surface area contributed by atoms with Crippen LogP contribution in [0.15, 0.2) is 48.8 Å². The van der Waals surface area contributed by atoms with E-state index in [0.29, 0.717) is 24.2 Å². The number of aromatic nitrogens is 2. The standard InChI is InChI=1S/C20H22N4O2/c25-17-9-2-1-7-15(17)24-20-19-16(22-13-23-20)8-5-10-18(19)26-12-14-6-3-4-11-21-14/h1-2,5,7-10,13-14,21,25H,3-4,6,11-12H2,(H,22,23,24)/t14-/m0/s1. The van der Waals surface area contributed by atoms with Crippen molar-refractivity contribution in [3.63, 3.8) is 0 Å². The number of rotatable bonds is 5. The second-order valence-electron chi connectivity index (χ2n) is 6.47. The Labute approximate surface area is 152 Å². The third-order valence-electron chi connectivity index (χ3n) is 4.63. The summed E-state index contributed by atoms with van der Waals surface area (Å²) in [4.78, 5) is 8.72. The van der Waals surface area contributed by atoms with Gasteiger partial charge >= 0.3 is 0 Å². The number of phenolic OH excluding ortho intramolecular Hbond substituents is 1. The van der Waals surface area contributed by atoms with Crippen molar-refractivity contribution in [2.75, 3.05) is 18.5 Å². The van der Waals surface area contributed by atoms with Crippen molar-refractivity contribution in [3.8, 4) is 11.5 Å².